The maximum Gasteiger partial charge on any atom is 0.280 e. The summed E-state index contributed by atoms with van der Waals surface area (Å²) in [6.07, 6.45) is 3.52. The molecule has 0 aliphatic heterocycles. The van der Waals surface area contributed by atoms with E-state index in [4.69, 9.17) is 5.73 Å². The number of primary amides is 1. The van der Waals surface area contributed by atoms with Gasteiger partial charge in [-0.25, -0.2) is 0 Å². The van der Waals surface area contributed by atoms with E-state index in [0.29, 0.717) is 11.8 Å². The summed E-state index contributed by atoms with van der Waals surface area (Å²) in [7, 11) is 0. The van der Waals surface area contributed by atoms with Gasteiger partial charge < -0.3 is 5.73 Å². The second kappa shape index (κ2) is 5.55. The van der Waals surface area contributed by atoms with Crippen molar-refractivity contribution in [2.24, 2.45) is 5.73 Å². The minimum atomic E-state index is -0.630. The van der Waals surface area contributed by atoms with Crippen LogP contribution < -0.4 is 5.73 Å². The van der Waals surface area contributed by atoms with E-state index in [2.05, 4.69) is 0 Å². The van der Waals surface area contributed by atoms with Crippen molar-refractivity contribution in [3.05, 3.63) is 45.5 Å². The third-order valence-corrected chi connectivity index (χ3v) is 2.01. The molecule has 0 aliphatic rings. The quantitative estimate of drug-likeness (QED) is 0.471. The van der Waals surface area contributed by atoms with Gasteiger partial charge >= 0.3 is 0 Å². The average Bonchev–Trinajstić information content (AvgIpc) is 2.28. The van der Waals surface area contributed by atoms with Gasteiger partial charge in [0.15, 0.2) is 6.29 Å². The van der Waals surface area contributed by atoms with Gasteiger partial charge in [-0.15, -0.1) is 0 Å². The lowest BCUT2D eigenvalue weighted by Gasteiger charge is -1.97. The van der Waals surface area contributed by atoms with E-state index in [0.717, 1.165) is 0 Å². The summed E-state index contributed by atoms with van der Waals surface area (Å²) < 4.78 is 0. The molecule has 1 aromatic carbocycles. The van der Waals surface area contributed by atoms with Crippen LogP contribution in [0, 0.1) is 10.1 Å². The maximum atomic E-state index is 10.7. The van der Waals surface area contributed by atoms with Crippen LogP contribution >= 0.6 is 0 Å². The van der Waals surface area contributed by atoms with Crippen molar-refractivity contribution in [2.75, 3.05) is 0 Å². The monoisotopic (exact) mass is 234 g/mol. The fraction of sp³-hybridized carbons (Fsp3) is 0.0909. The van der Waals surface area contributed by atoms with E-state index in [1.807, 2.05) is 0 Å². The van der Waals surface area contributed by atoms with Crippen molar-refractivity contribution in [3.8, 4) is 0 Å². The van der Waals surface area contributed by atoms with Crippen LogP contribution in [0.3, 0.4) is 0 Å². The van der Waals surface area contributed by atoms with Crippen molar-refractivity contribution >= 4 is 24.0 Å². The van der Waals surface area contributed by atoms with E-state index >= 15 is 0 Å². The molecule has 0 fully saturated rings. The summed E-state index contributed by atoms with van der Waals surface area (Å²) in [4.78, 5) is 31.1. The van der Waals surface area contributed by atoms with Crippen molar-refractivity contribution in [2.45, 2.75) is 6.42 Å². The molecule has 6 heteroatoms. The number of amides is 1. The molecule has 1 aromatic rings. The molecule has 0 aliphatic carbocycles. The molecule has 17 heavy (non-hydrogen) atoms. The van der Waals surface area contributed by atoms with Crippen LogP contribution in [0.25, 0.3) is 6.08 Å². The number of benzene rings is 1. The topological polar surface area (TPSA) is 103 Å². The van der Waals surface area contributed by atoms with E-state index in [9.17, 15) is 19.7 Å². The van der Waals surface area contributed by atoms with Gasteiger partial charge in [-0.2, -0.15) is 0 Å². The molecule has 0 spiro atoms. The molecule has 0 saturated carbocycles. The van der Waals surface area contributed by atoms with Crippen LogP contribution in [0.4, 0.5) is 5.69 Å². The number of carbonyl (C=O) groups excluding carboxylic acids is 2. The van der Waals surface area contributed by atoms with Crippen molar-refractivity contribution in [1.29, 1.82) is 0 Å². The highest BCUT2D eigenvalue weighted by Crippen LogP contribution is 2.19. The number of nitrogens with zero attached hydrogens (tertiary/aromatic N) is 1. The first kappa shape index (κ1) is 12.6. The lowest BCUT2D eigenvalue weighted by atomic mass is 10.1. The molecule has 2 N–H and O–H groups in total. The Bertz CT molecular complexity index is 494. The molecular formula is C11H10N2O4. The summed E-state index contributed by atoms with van der Waals surface area (Å²) in [6.45, 7) is 0. The van der Waals surface area contributed by atoms with Gasteiger partial charge in [0.1, 0.15) is 0 Å². The van der Waals surface area contributed by atoms with Crippen LogP contribution in [0.5, 0.6) is 0 Å². The Morgan fingerprint density at radius 2 is 2.18 bits per heavy atom. The highest BCUT2D eigenvalue weighted by Gasteiger charge is 2.12. The number of aldehydes is 1. The molecule has 1 amide bonds. The van der Waals surface area contributed by atoms with Crippen LogP contribution in [0.2, 0.25) is 0 Å². The minimum Gasteiger partial charge on any atom is -0.369 e. The number of nitro groups is 1. The van der Waals surface area contributed by atoms with Crippen LogP contribution in [0.1, 0.15) is 22.3 Å². The fourth-order valence-corrected chi connectivity index (χ4v) is 1.23. The van der Waals surface area contributed by atoms with Gasteiger partial charge in [0.05, 0.1) is 10.5 Å². The summed E-state index contributed by atoms with van der Waals surface area (Å²) in [5.41, 5.74) is 5.22. The highest BCUT2D eigenvalue weighted by molar-refractivity contribution is 5.82. The number of nitrogens with two attached hydrogens (primary N) is 1. The predicted molar refractivity (Wildman–Crippen MR) is 61.3 cm³/mol. The first-order valence-electron chi connectivity index (χ1n) is 4.73. The molecule has 0 heterocycles. The van der Waals surface area contributed by atoms with Crippen LogP contribution in [0.15, 0.2) is 24.3 Å². The Balaban J connectivity index is 3.00. The normalized spacial score (nSPS) is 10.4. The largest absolute Gasteiger partial charge is 0.369 e. The summed E-state index contributed by atoms with van der Waals surface area (Å²) >= 11 is 0. The molecule has 0 aromatic heterocycles. The SMILES string of the molecule is NC(=O)CC=Cc1ccc(C=O)c([N+](=O)[O-])c1. The molecule has 0 radical (unpaired) electrons. The average molecular weight is 234 g/mol. The molecule has 6 nitrogen and oxygen atoms in total. The molecule has 0 bridgehead atoms. The zero-order chi connectivity index (χ0) is 12.8. The zero-order valence-corrected chi connectivity index (χ0v) is 8.83. The number of hydrogen-bond donors (Lipinski definition) is 1. The van der Waals surface area contributed by atoms with Gasteiger partial charge in [0, 0.05) is 12.5 Å². The predicted octanol–water partition coefficient (Wildman–Crippen LogP) is 1.30. The molecular weight excluding hydrogens is 224 g/mol. The number of nitro benzene ring substituents is 1. The standard InChI is InChI=1S/C11H10N2O4/c12-11(15)3-1-2-8-4-5-9(7-14)10(6-8)13(16)17/h1-2,4-7H,3H2,(H2,12,15). The Morgan fingerprint density at radius 1 is 1.47 bits per heavy atom. The number of carbonyl (C=O) groups is 2. The summed E-state index contributed by atoms with van der Waals surface area (Å²) in [5, 5.41) is 10.7. The van der Waals surface area contributed by atoms with Gasteiger partial charge in [-0.05, 0) is 11.6 Å². The van der Waals surface area contributed by atoms with Gasteiger partial charge in [0.25, 0.3) is 5.69 Å². The third-order valence-electron chi connectivity index (χ3n) is 2.01. The lowest BCUT2D eigenvalue weighted by Crippen LogP contribution is -2.07. The second-order valence-corrected chi connectivity index (χ2v) is 3.27. The Labute approximate surface area is 96.9 Å². The Kier molecular flexibility index (Phi) is 4.10. The maximum absolute atomic E-state index is 10.7. The smallest absolute Gasteiger partial charge is 0.280 e. The van der Waals surface area contributed by atoms with Gasteiger partial charge in [-0.3, -0.25) is 19.7 Å². The van der Waals surface area contributed by atoms with Crippen LogP contribution in [-0.2, 0) is 4.79 Å². The van der Waals surface area contributed by atoms with E-state index < -0.39 is 10.8 Å². The van der Waals surface area contributed by atoms with Crippen molar-refractivity contribution in [3.63, 3.8) is 0 Å². The summed E-state index contributed by atoms with van der Waals surface area (Å²) in [6, 6.07) is 4.17. The third kappa shape index (κ3) is 3.53. The van der Waals surface area contributed by atoms with E-state index in [1.165, 1.54) is 24.3 Å². The van der Waals surface area contributed by atoms with Crippen LogP contribution in [-0.4, -0.2) is 17.1 Å². The van der Waals surface area contributed by atoms with Crippen molar-refractivity contribution in [1.82, 2.24) is 0 Å². The molecule has 0 saturated heterocycles. The number of rotatable bonds is 5. The first-order chi connectivity index (χ1) is 8.04. The lowest BCUT2D eigenvalue weighted by molar-refractivity contribution is -0.385. The second-order valence-electron chi connectivity index (χ2n) is 3.27. The first-order valence-corrected chi connectivity index (χ1v) is 4.73. The van der Waals surface area contributed by atoms with Crippen molar-refractivity contribution < 1.29 is 14.5 Å². The van der Waals surface area contributed by atoms with Gasteiger partial charge in [0.2, 0.25) is 5.91 Å². The minimum absolute atomic E-state index is 0.0158. The highest BCUT2D eigenvalue weighted by atomic mass is 16.6. The molecule has 1 rings (SSSR count). The van der Waals surface area contributed by atoms with E-state index in [-0.39, 0.29) is 17.7 Å². The fourth-order valence-electron chi connectivity index (χ4n) is 1.23. The van der Waals surface area contributed by atoms with Gasteiger partial charge in [-0.1, -0.05) is 18.2 Å². The Hall–Kier alpha value is -2.50. The zero-order valence-electron chi connectivity index (χ0n) is 8.83. The summed E-state index contributed by atoms with van der Waals surface area (Å²) in [5.74, 6) is -0.486. The molecule has 0 unspecified atom stereocenters. The molecule has 88 valence electrons. The molecule has 0 atom stereocenters. The Morgan fingerprint density at radius 3 is 2.71 bits per heavy atom. The van der Waals surface area contributed by atoms with E-state index in [1.54, 1.807) is 6.07 Å². The number of hydrogen-bond acceptors (Lipinski definition) is 4.